The molecule has 0 atom stereocenters. The number of hydrogen-bond donors (Lipinski definition) is 1. The molecular formula is C19H20BF3N2O3. The normalized spacial score (nSPS) is 18.2. The van der Waals surface area contributed by atoms with E-state index in [2.05, 4.69) is 10.3 Å². The van der Waals surface area contributed by atoms with Gasteiger partial charge in [0.1, 0.15) is 11.5 Å². The van der Waals surface area contributed by atoms with E-state index in [9.17, 15) is 18.0 Å². The molecule has 148 valence electrons. The third-order valence-corrected chi connectivity index (χ3v) is 4.98. The van der Waals surface area contributed by atoms with E-state index in [1.807, 2.05) is 27.7 Å². The molecule has 1 aliphatic heterocycles. The summed E-state index contributed by atoms with van der Waals surface area (Å²) in [5, 5.41) is 2.37. The number of benzene rings is 1. The lowest BCUT2D eigenvalue weighted by atomic mass is 9.79. The van der Waals surface area contributed by atoms with Crippen molar-refractivity contribution in [1.82, 2.24) is 4.98 Å². The summed E-state index contributed by atoms with van der Waals surface area (Å²) in [7, 11) is -0.563. The average Bonchev–Trinajstić information content (AvgIpc) is 2.82. The van der Waals surface area contributed by atoms with Crippen LogP contribution < -0.4 is 10.8 Å². The monoisotopic (exact) mass is 392 g/mol. The van der Waals surface area contributed by atoms with Gasteiger partial charge in [-0.05, 0) is 57.4 Å². The summed E-state index contributed by atoms with van der Waals surface area (Å²) in [6, 6.07) is 9.83. The highest BCUT2D eigenvalue weighted by Gasteiger charge is 2.51. The lowest BCUT2D eigenvalue weighted by molar-refractivity contribution is -0.141. The van der Waals surface area contributed by atoms with E-state index in [-0.39, 0.29) is 11.4 Å². The molecule has 1 aliphatic rings. The quantitative estimate of drug-likeness (QED) is 0.811. The minimum absolute atomic E-state index is 0.171. The molecule has 0 aliphatic carbocycles. The number of hydrogen-bond acceptors (Lipinski definition) is 4. The minimum atomic E-state index is -4.58. The van der Waals surface area contributed by atoms with Gasteiger partial charge in [-0.2, -0.15) is 13.2 Å². The zero-order valence-corrected chi connectivity index (χ0v) is 15.9. The Morgan fingerprint density at radius 2 is 1.57 bits per heavy atom. The molecule has 9 heteroatoms. The van der Waals surface area contributed by atoms with Crippen LogP contribution in [0.25, 0.3) is 0 Å². The van der Waals surface area contributed by atoms with Crippen molar-refractivity contribution in [3.63, 3.8) is 0 Å². The van der Waals surface area contributed by atoms with Gasteiger partial charge in [0, 0.05) is 5.56 Å². The molecule has 0 saturated carbocycles. The fourth-order valence-corrected chi connectivity index (χ4v) is 2.62. The summed E-state index contributed by atoms with van der Waals surface area (Å²) in [4.78, 5) is 15.7. The number of carbonyl (C=O) groups is 1. The van der Waals surface area contributed by atoms with E-state index >= 15 is 0 Å². The first kappa shape index (κ1) is 20.4. The summed E-state index contributed by atoms with van der Waals surface area (Å²) in [6.45, 7) is 7.77. The molecule has 1 fully saturated rings. The fourth-order valence-electron chi connectivity index (χ4n) is 2.62. The number of nitrogens with one attached hydrogen (secondary N) is 1. The van der Waals surface area contributed by atoms with Crippen molar-refractivity contribution in [2.45, 2.75) is 45.1 Å². The number of nitrogens with zero attached hydrogens (tertiary/aromatic N) is 1. The first-order valence-electron chi connectivity index (χ1n) is 8.70. The van der Waals surface area contributed by atoms with Crippen LogP contribution in [-0.2, 0) is 15.5 Å². The second kappa shape index (κ2) is 6.90. The SMILES string of the molecule is CC1(C)OB(c2ccc(C(=O)Nc3cccc(C(F)(F)F)n3)cc2)OC1(C)C. The number of pyridine rings is 1. The Kier molecular flexibility index (Phi) is 5.01. The van der Waals surface area contributed by atoms with Gasteiger partial charge >= 0.3 is 13.3 Å². The van der Waals surface area contributed by atoms with Gasteiger partial charge in [-0.1, -0.05) is 18.2 Å². The van der Waals surface area contributed by atoms with Crippen molar-refractivity contribution in [3.05, 3.63) is 53.7 Å². The molecular weight excluding hydrogens is 372 g/mol. The van der Waals surface area contributed by atoms with Gasteiger partial charge in [-0.15, -0.1) is 0 Å². The smallest absolute Gasteiger partial charge is 0.399 e. The van der Waals surface area contributed by atoms with Gasteiger partial charge in [-0.3, -0.25) is 4.79 Å². The summed E-state index contributed by atoms with van der Waals surface area (Å²) in [6.07, 6.45) is -4.58. The third kappa shape index (κ3) is 4.05. The van der Waals surface area contributed by atoms with Gasteiger partial charge < -0.3 is 14.6 Å². The van der Waals surface area contributed by atoms with Crippen molar-refractivity contribution in [2.75, 3.05) is 5.32 Å². The molecule has 2 aromatic rings. The molecule has 0 bridgehead atoms. The van der Waals surface area contributed by atoms with E-state index in [0.717, 1.165) is 11.5 Å². The second-order valence-corrected chi connectivity index (χ2v) is 7.57. The molecule has 3 rings (SSSR count). The third-order valence-electron chi connectivity index (χ3n) is 4.98. The van der Waals surface area contributed by atoms with E-state index in [1.54, 1.807) is 24.3 Å². The first-order chi connectivity index (χ1) is 12.9. The Morgan fingerprint density at radius 3 is 2.11 bits per heavy atom. The van der Waals surface area contributed by atoms with Crippen LogP contribution in [-0.4, -0.2) is 29.2 Å². The number of halogens is 3. The van der Waals surface area contributed by atoms with Crippen LogP contribution in [0.3, 0.4) is 0 Å². The molecule has 0 spiro atoms. The van der Waals surface area contributed by atoms with Gasteiger partial charge in [-0.25, -0.2) is 4.98 Å². The van der Waals surface area contributed by atoms with E-state index in [0.29, 0.717) is 0 Å². The minimum Gasteiger partial charge on any atom is -0.399 e. The maximum atomic E-state index is 12.7. The van der Waals surface area contributed by atoms with Crippen LogP contribution in [0.5, 0.6) is 0 Å². The lowest BCUT2D eigenvalue weighted by Gasteiger charge is -2.32. The molecule has 0 radical (unpaired) electrons. The number of aromatic nitrogens is 1. The average molecular weight is 392 g/mol. The number of anilines is 1. The Morgan fingerprint density at radius 1 is 1.00 bits per heavy atom. The van der Waals surface area contributed by atoms with Gasteiger partial charge in [0.25, 0.3) is 5.91 Å². The number of carbonyl (C=O) groups excluding carboxylic acids is 1. The number of alkyl halides is 3. The Labute approximate surface area is 161 Å². The van der Waals surface area contributed by atoms with Crippen LogP contribution in [0.1, 0.15) is 43.7 Å². The Bertz CT molecular complexity index is 867. The summed E-state index contributed by atoms with van der Waals surface area (Å²) in [5.74, 6) is -0.734. The van der Waals surface area contributed by atoms with Gasteiger partial charge in [0.05, 0.1) is 11.2 Å². The molecule has 5 nitrogen and oxygen atoms in total. The van der Waals surface area contributed by atoms with E-state index < -0.39 is 36.1 Å². The molecule has 1 amide bonds. The molecule has 1 N–H and O–H groups in total. The number of amides is 1. The maximum absolute atomic E-state index is 12.7. The fraction of sp³-hybridized carbons (Fsp3) is 0.368. The Hall–Kier alpha value is -2.39. The van der Waals surface area contributed by atoms with Crippen LogP contribution >= 0.6 is 0 Å². The summed E-state index contributed by atoms with van der Waals surface area (Å²) < 4.78 is 50.1. The van der Waals surface area contributed by atoms with Crippen LogP contribution in [0.4, 0.5) is 19.0 Å². The van der Waals surface area contributed by atoms with Crippen molar-refractivity contribution >= 4 is 24.3 Å². The largest absolute Gasteiger partial charge is 0.494 e. The molecule has 1 saturated heterocycles. The summed E-state index contributed by atoms with van der Waals surface area (Å²) >= 11 is 0. The topological polar surface area (TPSA) is 60.5 Å². The van der Waals surface area contributed by atoms with Crippen molar-refractivity contribution < 1.29 is 27.3 Å². The highest BCUT2D eigenvalue weighted by atomic mass is 19.4. The van der Waals surface area contributed by atoms with E-state index in [1.165, 1.54) is 12.1 Å². The molecule has 2 heterocycles. The van der Waals surface area contributed by atoms with Crippen molar-refractivity contribution in [2.24, 2.45) is 0 Å². The molecule has 1 aromatic carbocycles. The van der Waals surface area contributed by atoms with Crippen LogP contribution in [0.15, 0.2) is 42.5 Å². The summed E-state index contributed by atoms with van der Waals surface area (Å²) in [5.41, 5.74) is -1.01. The molecule has 28 heavy (non-hydrogen) atoms. The standard InChI is InChI=1S/C19H20BF3N2O3/c1-17(2)18(3,4)28-20(27-17)13-10-8-12(9-11-13)16(26)25-15-7-5-6-14(24-15)19(21,22)23/h5-11H,1-4H3,(H,24,25,26). The zero-order valence-electron chi connectivity index (χ0n) is 15.9. The lowest BCUT2D eigenvalue weighted by Crippen LogP contribution is -2.41. The second-order valence-electron chi connectivity index (χ2n) is 7.57. The zero-order chi connectivity index (χ0) is 20.7. The van der Waals surface area contributed by atoms with Crippen LogP contribution in [0, 0.1) is 0 Å². The van der Waals surface area contributed by atoms with Gasteiger partial charge in [0.15, 0.2) is 0 Å². The highest BCUT2D eigenvalue weighted by Crippen LogP contribution is 2.36. The maximum Gasteiger partial charge on any atom is 0.494 e. The van der Waals surface area contributed by atoms with Crippen LogP contribution in [0.2, 0.25) is 0 Å². The van der Waals surface area contributed by atoms with Crippen molar-refractivity contribution in [3.8, 4) is 0 Å². The van der Waals surface area contributed by atoms with Crippen molar-refractivity contribution in [1.29, 1.82) is 0 Å². The Balaban J connectivity index is 1.71. The van der Waals surface area contributed by atoms with E-state index in [4.69, 9.17) is 9.31 Å². The first-order valence-corrected chi connectivity index (χ1v) is 8.70. The molecule has 0 unspecified atom stereocenters. The predicted octanol–water partition coefficient (Wildman–Crippen LogP) is 3.65. The number of rotatable bonds is 3. The highest BCUT2D eigenvalue weighted by molar-refractivity contribution is 6.62. The predicted molar refractivity (Wildman–Crippen MR) is 99.4 cm³/mol. The molecule has 1 aromatic heterocycles. The van der Waals surface area contributed by atoms with Gasteiger partial charge in [0.2, 0.25) is 0 Å².